The average Bonchev–Trinajstić information content (AvgIpc) is 2.81. The van der Waals surface area contributed by atoms with E-state index in [0.717, 1.165) is 31.9 Å². The topological polar surface area (TPSA) is 101 Å². The lowest BCUT2D eigenvalue weighted by Crippen LogP contribution is -2.43. The third-order valence-electron chi connectivity index (χ3n) is 3.04. The highest BCUT2D eigenvalue weighted by Gasteiger charge is 2.26. The molecule has 0 bridgehead atoms. The molecule has 1 aromatic rings. The third-order valence-corrected chi connectivity index (χ3v) is 6.27. The van der Waals surface area contributed by atoms with Crippen molar-refractivity contribution in [2.45, 2.75) is 29.5 Å². The molecule has 0 spiro atoms. The van der Waals surface area contributed by atoms with Gasteiger partial charge in [0.05, 0.1) is 4.92 Å². The lowest BCUT2D eigenvalue weighted by molar-refractivity contribution is -0.384. The lowest BCUT2D eigenvalue weighted by Gasteiger charge is -2.23. The van der Waals surface area contributed by atoms with Crippen molar-refractivity contribution in [2.75, 3.05) is 13.1 Å². The number of thiophene rings is 1. The molecular weight excluding hydrogens is 326 g/mol. The summed E-state index contributed by atoms with van der Waals surface area (Å²) in [5.41, 5.74) is -0.382. The summed E-state index contributed by atoms with van der Waals surface area (Å²) in [6, 6.07) is 1.09. The number of rotatable bonds is 5. The zero-order valence-electron chi connectivity index (χ0n) is 10.5. The van der Waals surface area contributed by atoms with E-state index in [1.165, 1.54) is 0 Å². The number of hydrogen-bond donors (Lipinski definition) is 2. The second kappa shape index (κ2) is 6.35. The van der Waals surface area contributed by atoms with Crippen LogP contribution in [0.2, 0.25) is 4.34 Å². The van der Waals surface area contributed by atoms with Crippen molar-refractivity contribution in [1.29, 1.82) is 0 Å². The SMILES string of the molecule is O=[N+]([O-])c1cc(S(=O)(=O)NCC2CCCCN2)sc1Cl. The zero-order chi connectivity index (χ0) is 14.8. The standard InChI is InChI=1S/C10H14ClN3O4S2/c11-10-8(14(15)16)5-9(19-10)20(17,18)13-6-7-3-1-2-4-12-7/h5,7,12-13H,1-4,6H2. The number of nitrogens with one attached hydrogen (secondary N) is 2. The van der Waals surface area contributed by atoms with Crippen LogP contribution in [0.3, 0.4) is 0 Å². The second-order valence-corrected chi connectivity index (χ2v) is 8.13. The maximum absolute atomic E-state index is 12.1. The Morgan fingerprint density at radius 3 is 2.85 bits per heavy atom. The van der Waals surface area contributed by atoms with E-state index in [4.69, 9.17) is 11.6 Å². The van der Waals surface area contributed by atoms with Crippen LogP contribution in [0.15, 0.2) is 10.3 Å². The number of sulfonamides is 1. The monoisotopic (exact) mass is 339 g/mol. The van der Waals surface area contributed by atoms with Gasteiger partial charge in [0.25, 0.3) is 5.69 Å². The summed E-state index contributed by atoms with van der Waals surface area (Å²) in [6.07, 6.45) is 3.07. The van der Waals surface area contributed by atoms with Crippen molar-refractivity contribution in [1.82, 2.24) is 10.0 Å². The summed E-state index contributed by atoms with van der Waals surface area (Å²) in [7, 11) is -3.76. The number of nitro groups is 1. The molecule has 1 aliphatic heterocycles. The Morgan fingerprint density at radius 2 is 2.30 bits per heavy atom. The molecular formula is C10H14ClN3O4S2. The Morgan fingerprint density at radius 1 is 1.55 bits per heavy atom. The van der Waals surface area contributed by atoms with Gasteiger partial charge in [-0.3, -0.25) is 10.1 Å². The third kappa shape index (κ3) is 3.67. The molecule has 0 saturated carbocycles. The summed E-state index contributed by atoms with van der Waals surface area (Å²) in [6.45, 7) is 1.15. The van der Waals surface area contributed by atoms with Gasteiger partial charge in [-0.05, 0) is 19.4 Å². The molecule has 7 nitrogen and oxygen atoms in total. The highest BCUT2D eigenvalue weighted by Crippen LogP contribution is 2.36. The van der Waals surface area contributed by atoms with Crippen LogP contribution in [0.25, 0.3) is 0 Å². The van der Waals surface area contributed by atoms with E-state index < -0.39 is 14.9 Å². The summed E-state index contributed by atoms with van der Waals surface area (Å²) in [4.78, 5) is 9.98. The van der Waals surface area contributed by atoms with Crippen LogP contribution >= 0.6 is 22.9 Å². The molecule has 20 heavy (non-hydrogen) atoms. The predicted octanol–water partition coefficient (Wildman–Crippen LogP) is 1.73. The smallest absolute Gasteiger partial charge is 0.300 e. The fourth-order valence-corrected chi connectivity index (χ4v) is 4.77. The van der Waals surface area contributed by atoms with Gasteiger partial charge in [-0.15, -0.1) is 11.3 Å². The highest BCUT2D eigenvalue weighted by molar-refractivity contribution is 7.91. The largest absolute Gasteiger partial charge is 0.313 e. The molecule has 0 aromatic carbocycles. The maximum atomic E-state index is 12.1. The minimum absolute atomic E-state index is 0.101. The zero-order valence-corrected chi connectivity index (χ0v) is 12.9. The minimum atomic E-state index is -3.76. The van der Waals surface area contributed by atoms with Gasteiger partial charge in [0.2, 0.25) is 10.0 Å². The summed E-state index contributed by atoms with van der Waals surface area (Å²) < 4.78 is 26.3. The first kappa shape index (κ1) is 15.6. The number of piperidine rings is 1. The van der Waals surface area contributed by atoms with E-state index in [2.05, 4.69) is 10.0 Å². The van der Waals surface area contributed by atoms with Crippen LogP contribution in [-0.4, -0.2) is 32.5 Å². The van der Waals surface area contributed by atoms with E-state index in [1.54, 1.807) is 0 Å². The number of hydrogen-bond acceptors (Lipinski definition) is 6. The van der Waals surface area contributed by atoms with Crippen molar-refractivity contribution in [3.8, 4) is 0 Å². The van der Waals surface area contributed by atoms with Gasteiger partial charge in [-0.1, -0.05) is 18.0 Å². The van der Waals surface area contributed by atoms with E-state index in [9.17, 15) is 18.5 Å². The van der Waals surface area contributed by atoms with Crippen LogP contribution in [0.1, 0.15) is 19.3 Å². The van der Waals surface area contributed by atoms with Crippen molar-refractivity contribution < 1.29 is 13.3 Å². The molecule has 10 heteroatoms. The fourth-order valence-electron chi connectivity index (χ4n) is 1.97. The molecule has 0 radical (unpaired) electrons. The molecule has 0 amide bonds. The van der Waals surface area contributed by atoms with Crippen LogP contribution in [-0.2, 0) is 10.0 Å². The molecule has 1 saturated heterocycles. The first-order valence-electron chi connectivity index (χ1n) is 6.07. The summed E-state index contributed by atoms with van der Waals surface area (Å²) >= 11 is 6.36. The van der Waals surface area contributed by atoms with Gasteiger partial charge in [0.1, 0.15) is 4.21 Å². The van der Waals surface area contributed by atoms with Gasteiger partial charge >= 0.3 is 0 Å². The van der Waals surface area contributed by atoms with E-state index in [1.807, 2.05) is 0 Å². The average molecular weight is 340 g/mol. The maximum Gasteiger partial charge on any atom is 0.300 e. The van der Waals surface area contributed by atoms with E-state index >= 15 is 0 Å². The van der Waals surface area contributed by atoms with Gasteiger partial charge in [0.15, 0.2) is 4.34 Å². The quantitative estimate of drug-likeness (QED) is 0.628. The number of nitrogens with zero attached hydrogens (tertiary/aromatic N) is 1. The highest BCUT2D eigenvalue weighted by atomic mass is 35.5. The van der Waals surface area contributed by atoms with Crippen LogP contribution < -0.4 is 10.0 Å². The molecule has 1 atom stereocenters. The Kier molecular flexibility index (Phi) is 4.97. The van der Waals surface area contributed by atoms with E-state index in [0.29, 0.717) is 11.3 Å². The normalized spacial score (nSPS) is 19.9. The molecule has 2 N–H and O–H groups in total. The molecule has 2 heterocycles. The van der Waals surface area contributed by atoms with Crippen molar-refractivity contribution in [3.05, 3.63) is 20.5 Å². The first-order chi connectivity index (χ1) is 9.40. The van der Waals surface area contributed by atoms with Crippen LogP contribution in [0, 0.1) is 10.1 Å². The van der Waals surface area contributed by atoms with Gasteiger partial charge in [-0.2, -0.15) is 0 Å². The second-order valence-electron chi connectivity index (χ2n) is 4.48. The summed E-state index contributed by atoms with van der Waals surface area (Å²) in [5.74, 6) is 0. The van der Waals surface area contributed by atoms with Crippen LogP contribution in [0.5, 0.6) is 0 Å². The van der Waals surface area contributed by atoms with Crippen LogP contribution in [0.4, 0.5) is 5.69 Å². The van der Waals surface area contributed by atoms with Gasteiger partial charge in [0, 0.05) is 18.7 Å². The van der Waals surface area contributed by atoms with Gasteiger partial charge in [-0.25, -0.2) is 13.1 Å². The molecule has 2 rings (SSSR count). The summed E-state index contributed by atoms with van der Waals surface area (Å²) in [5, 5.41) is 13.9. The Balaban J connectivity index is 2.06. The molecule has 1 aromatic heterocycles. The molecule has 1 aliphatic rings. The molecule has 112 valence electrons. The minimum Gasteiger partial charge on any atom is -0.313 e. The molecule has 1 unspecified atom stereocenters. The van der Waals surface area contributed by atoms with E-state index in [-0.39, 0.29) is 26.8 Å². The fraction of sp³-hybridized carbons (Fsp3) is 0.600. The Labute approximate surface area is 125 Å². The van der Waals surface area contributed by atoms with Crippen molar-refractivity contribution in [3.63, 3.8) is 0 Å². The molecule has 1 fully saturated rings. The Bertz CT molecular complexity index is 596. The van der Waals surface area contributed by atoms with Crippen molar-refractivity contribution in [2.24, 2.45) is 0 Å². The Hall–Kier alpha value is -0.740. The predicted molar refractivity (Wildman–Crippen MR) is 76.8 cm³/mol. The molecule has 0 aliphatic carbocycles. The lowest BCUT2D eigenvalue weighted by atomic mass is 10.1. The van der Waals surface area contributed by atoms with Gasteiger partial charge < -0.3 is 5.32 Å². The first-order valence-corrected chi connectivity index (χ1v) is 8.74. The van der Waals surface area contributed by atoms with Crippen molar-refractivity contribution >= 4 is 38.6 Å². The number of halogens is 1.